The highest BCUT2D eigenvalue weighted by Gasteiger charge is 2.49. The summed E-state index contributed by atoms with van der Waals surface area (Å²) in [4.78, 5) is 38.7. The van der Waals surface area contributed by atoms with E-state index in [1.807, 2.05) is 0 Å². The fourth-order valence-corrected chi connectivity index (χ4v) is 5.06. The van der Waals surface area contributed by atoms with Crippen LogP contribution >= 0.6 is 0 Å². The Morgan fingerprint density at radius 3 is 2.43 bits per heavy atom. The van der Waals surface area contributed by atoms with E-state index < -0.39 is 59.1 Å². The molecule has 4 N–H and O–H groups in total. The summed E-state index contributed by atoms with van der Waals surface area (Å²) in [7, 11) is -4.73. The van der Waals surface area contributed by atoms with E-state index in [0.29, 0.717) is 6.42 Å². The molecule has 1 aliphatic rings. The monoisotopic (exact) mass is 639 g/mol. The number of halogens is 1. The molecule has 0 unspecified atom stereocenters. The van der Waals surface area contributed by atoms with Crippen LogP contribution in [0.1, 0.15) is 57.1 Å². The molecule has 242 valence electrons. The Balaban J connectivity index is 0.000000676. The normalized spacial score (nSPS) is 19.9. The van der Waals surface area contributed by atoms with E-state index in [1.54, 1.807) is 11.6 Å². The van der Waals surface area contributed by atoms with Crippen molar-refractivity contribution in [1.82, 2.24) is 29.1 Å². The van der Waals surface area contributed by atoms with Crippen molar-refractivity contribution in [2.75, 3.05) is 32.0 Å². The number of fused-ring (bicyclic) bond motifs is 1. The molecule has 0 bridgehead atoms. The summed E-state index contributed by atoms with van der Waals surface area (Å²) in [5.74, 6) is -2.27. The number of alkyl halides is 1. The average molecular weight is 640 g/mol. The number of nitrogens with one attached hydrogen (secondary N) is 1. The first-order valence-corrected chi connectivity index (χ1v) is 15.5. The van der Waals surface area contributed by atoms with Gasteiger partial charge in [0.15, 0.2) is 30.0 Å². The van der Waals surface area contributed by atoms with Crippen LogP contribution in [0.2, 0.25) is 0 Å². The number of aromatic nitrogens is 4. The Bertz CT molecular complexity index is 1510. The van der Waals surface area contributed by atoms with Crippen LogP contribution in [0.15, 0.2) is 36.9 Å². The molecule has 1 fully saturated rings. The summed E-state index contributed by atoms with van der Waals surface area (Å²) >= 11 is 0. The van der Waals surface area contributed by atoms with Gasteiger partial charge < -0.3 is 25.2 Å². The van der Waals surface area contributed by atoms with Crippen molar-refractivity contribution in [1.29, 1.82) is 0 Å². The van der Waals surface area contributed by atoms with Gasteiger partial charge >= 0.3 is 16.3 Å². The van der Waals surface area contributed by atoms with Crippen LogP contribution in [-0.2, 0) is 28.8 Å². The molecule has 4 atom stereocenters. The molecule has 0 aliphatic carbocycles. The largest absolute Gasteiger partial charge is 0.507 e. The van der Waals surface area contributed by atoms with Gasteiger partial charge in [0.1, 0.15) is 23.7 Å². The molecular formula is C27H38FN7O8S. The molecule has 0 spiro atoms. The summed E-state index contributed by atoms with van der Waals surface area (Å²) < 4.78 is 59.0. The highest BCUT2D eigenvalue weighted by Crippen LogP contribution is 2.36. The number of nitrogens with zero attached hydrogens (tertiary/aromatic N) is 5. The van der Waals surface area contributed by atoms with Crippen LogP contribution < -0.4 is 10.5 Å². The summed E-state index contributed by atoms with van der Waals surface area (Å²) in [6, 6.07) is 5.27. The number of nitrogen functional groups attached to an aromatic ring is 1. The second kappa shape index (κ2) is 15.7. The minimum atomic E-state index is -4.73. The second-order valence-electron chi connectivity index (χ2n) is 9.60. The molecule has 0 saturated carbocycles. The number of anilines is 1. The lowest BCUT2D eigenvalue weighted by Gasteiger charge is -2.19. The zero-order valence-electron chi connectivity index (χ0n) is 24.9. The Hall–Kier alpha value is -3.93. The average Bonchev–Trinajstić information content (AvgIpc) is 3.55. The minimum Gasteiger partial charge on any atom is -0.507 e. The molecule has 3 heterocycles. The van der Waals surface area contributed by atoms with E-state index in [9.17, 15) is 23.1 Å². The number of ether oxygens (including phenoxy) is 2. The van der Waals surface area contributed by atoms with E-state index in [4.69, 9.17) is 19.4 Å². The van der Waals surface area contributed by atoms with Crippen molar-refractivity contribution < 1.29 is 41.2 Å². The fraction of sp³-hybridized carbons (Fsp3) is 0.519. The number of carbonyl (C=O) groups excluding carboxylic acids is 2. The zero-order chi connectivity index (χ0) is 32.4. The number of aromatic hydroxyl groups is 1. The van der Waals surface area contributed by atoms with Gasteiger partial charge in [0, 0.05) is 6.42 Å². The summed E-state index contributed by atoms with van der Waals surface area (Å²) in [6.45, 7) is 11.0. The fourth-order valence-electron chi connectivity index (χ4n) is 4.36. The van der Waals surface area contributed by atoms with E-state index >= 15 is 4.39 Å². The van der Waals surface area contributed by atoms with Crippen molar-refractivity contribution in [3.8, 4) is 5.75 Å². The maximum atomic E-state index is 15.6. The van der Waals surface area contributed by atoms with Crippen molar-refractivity contribution in [2.24, 2.45) is 0 Å². The number of hydrogen-bond donors (Lipinski definition) is 3. The Labute approximate surface area is 254 Å². The number of nitrogens with two attached hydrogens (primary N) is 1. The Morgan fingerprint density at radius 2 is 1.82 bits per heavy atom. The SMILES string of the molecule is CCCC(=O)O[C@H]1[C@@H](F)[C@H](n2cnc3c(N)ncnc32)O[C@@H]1COS(=O)(=O)NC(=O)c1ccccc1O.CCN(CC)CC. The molecule has 1 amide bonds. The molecule has 1 aliphatic heterocycles. The number of phenols is 1. The highest BCUT2D eigenvalue weighted by atomic mass is 32.2. The van der Waals surface area contributed by atoms with Crippen molar-refractivity contribution >= 4 is 39.2 Å². The van der Waals surface area contributed by atoms with Gasteiger partial charge in [-0.3, -0.25) is 18.3 Å². The minimum absolute atomic E-state index is 0.00580. The summed E-state index contributed by atoms with van der Waals surface area (Å²) in [6.07, 6.45) is -3.55. The quantitative estimate of drug-likeness (QED) is 0.244. The summed E-state index contributed by atoms with van der Waals surface area (Å²) in [5, 5.41) is 9.75. The molecule has 1 saturated heterocycles. The first kappa shape index (κ1) is 34.6. The van der Waals surface area contributed by atoms with E-state index in [-0.39, 0.29) is 29.0 Å². The number of phenolic OH excluding ortho intramolecular Hbond substituents is 1. The molecule has 2 aromatic heterocycles. The predicted molar refractivity (Wildman–Crippen MR) is 157 cm³/mol. The number of amides is 1. The van der Waals surface area contributed by atoms with Crippen LogP contribution in [0, 0.1) is 0 Å². The van der Waals surface area contributed by atoms with E-state index in [0.717, 1.165) is 6.33 Å². The lowest BCUT2D eigenvalue weighted by atomic mass is 10.1. The van der Waals surface area contributed by atoms with Gasteiger partial charge in [-0.15, -0.1) is 0 Å². The lowest BCUT2D eigenvalue weighted by molar-refractivity contribution is -0.154. The number of esters is 1. The van der Waals surface area contributed by atoms with Crippen LogP contribution in [0.4, 0.5) is 10.2 Å². The van der Waals surface area contributed by atoms with Gasteiger partial charge in [-0.2, -0.15) is 8.42 Å². The summed E-state index contributed by atoms with van der Waals surface area (Å²) in [5.41, 5.74) is 5.79. The number of carbonyl (C=O) groups is 2. The van der Waals surface area contributed by atoms with Crippen LogP contribution in [0.3, 0.4) is 0 Å². The number of imidazole rings is 1. The third-order valence-corrected chi connectivity index (χ3v) is 7.63. The molecule has 17 heteroatoms. The van der Waals surface area contributed by atoms with Crippen molar-refractivity contribution in [3.05, 3.63) is 42.5 Å². The van der Waals surface area contributed by atoms with Gasteiger partial charge in [-0.1, -0.05) is 39.8 Å². The van der Waals surface area contributed by atoms with Crippen LogP contribution in [0.25, 0.3) is 11.2 Å². The maximum absolute atomic E-state index is 15.6. The standard InChI is InChI=1S/C21H23FN6O8S.C6H15N/c1-2-5-14(30)36-17-13(8-34-37(32,33)27-20(31)11-6-3-4-7-12(11)29)35-21(15(17)22)28-10-26-16-18(23)24-9-25-19(16)28;1-4-7(5-2)6-3/h3-4,6-7,9-10,13,15,17,21,29H,2,5,8H2,1H3,(H,27,31)(H2,23,24,25);4-6H2,1-3H3/t13-,15-,17-,21-;/m1./s1. The molecule has 3 aromatic rings. The van der Waals surface area contributed by atoms with Gasteiger partial charge in [-0.25, -0.2) is 24.1 Å². The molecular weight excluding hydrogens is 601 g/mol. The Morgan fingerprint density at radius 1 is 1.14 bits per heavy atom. The highest BCUT2D eigenvalue weighted by molar-refractivity contribution is 7.85. The number of para-hydroxylation sites is 1. The van der Waals surface area contributed by atoms with E-state index in [1.165, 1.54) is 54.8 Å². The number of rotatable bonds is 12. The molecule has 0 radical (unpaired) electrons. The van der Waals surface area contributed by atoms with Gasteiger partial charge in [0.25, 0.3) is 5.91 Å². The van der Waals surface area contributed by atoms with Crippen LogP contribution in [-0.4, -0.2) is 94.4 Å². The van der Waals surface area contributed by atoms with Gasteiger partial charge in [0.05, 0.1) is 18.5 Å². The second-order valence-corrected chi connectivity index (χ2v) is 11.0. The zero-order valence-corrected chi connectivity index (χ0v) is 25.7. The lowest BCUT2D eigenvalue weighted by Crippen LogP contribution is -2.39. The van der Waals surface area contributed by atoms with Crippen molar-refractivity contribution in [3.63, 3.8) is 0 Å². The van der Waals surface area contributed by atoms with Crippen molar-refractivity contribution in [2.45, 2.75) is 65.1 Å². The predicted octanol–water partition coefficient (Wildman–Crippen LogP) is 2.10. The molecule has 15 nitrogen and oxygen atoms in total. The Kier molecular flexibility index (Phi) is 12.3. The topological polar surface area (TPSA) is 201 Å². The third-order valence-electron chi connectivity index (χ3n) is 6.75. The molecule has 4 rings (SSSR count). The molecule has 44 heavy (non-hydrogen) atoms. The molecule has 1 aromatic carbocycles. The third kappa shape index (κ3) is 8.58. The van der Waals surface area contributed by atoms with Gasteiger partial charge in [0.2, 0.25) is 0 Å². The number of hydrogen-bond acceptors (Lipinski definition) is 13. The number of benzene rings is 1. The first-order chi connectivity index (χ1) is 21.0. The maximum Gasteiger partial charge on any atom is 0.362 e. The van der Waals surface area contributed by atoms with E-state index in [2.05, 4.69) is 40.6 Å². The van der Waals surface area contributed by atoms with Crippen LogP contribution in [0.5, 0.6) is 5.75 Å². The smallest absolute Gasteiger partial charge is 0.362 e. The first-order valence-electron chi connectivity index (χ1n) is 14.1. The van der Waals surface area contributed by atoms with Gasteiger partial charge in [-0.05, 0) is 38.2 Å².